The molecule has 0 aliphatic rings. The van der Waals surface area contributed by atoms with Gasteiger partial charge in [-0.1, -0.05) is 18.2 Å². The van der Waals surface area contributed by atoms with Crippen LogP contribution in [-0.4, -0.2) is 31.4 Å². The molecule has 0 aliphatic heterocycles. The number of para-hydroxylation sites is 1. The first-order chi connectivity index (χ1) is 8.43. The molecule has 0 heterocycles. The third-order valence-corrected chi connectivity index (χ3v) is 2.65. The Kier molecular flexibility index (Phi) is 8.33. The summed E-state index contributed by atoms with van der Waals surface area (Å²) in [5.74, 6) is 0.962. The SMILES string of the molecule is OCC[NH2+]CCCCCCOc1ccccc1. The van der Waals surface area contributed by atoms with E-state index >= 15 is 0 Å². The number of hydrogen-bond acceptors (Lipinski definition) is 2. The van der Waals surface area contributed by atoms with Crippen molar-refractivity contribution >= 4 is 0 Å². The van der Waals surface area contributed by atoms with Crippen molar-refractivity contribution in [3.63, 3.8) is 0 Å². The Bertz CT molecular complexity index is 264. The molecule has 3 N–H and O–H groups in total. The lowest BCUT2D eigenvalue weighted by Gasteiger charge is -2.05. The van der Waals surface area contributed by atoms with E-state index in [9.17, 15) is 0 Å². The van der Waals surface area contributed by atoms with Gasteiger partial charge in [-0.3, -0.25) is 0 Å². The monoisotopic (exact) mass is 238 g/mol. The minimum Gasteiger partial charge on any atom is -0.494 e. The van der Waals surface area contributed by atoms with Crippen molar-refractivity contribution in [1.29, 1.82) is 0 Å². The van der Waals surface area contributed by atoms with E-state index in [4.69, 9.17) is 9.84 Å². The van der Waals surface area contributed by atoms with Crippen LogP contribution in [0.4, 0.5) is 0 Å². The third-order valence-electron chi connectivity index (χ3n) is 2.65. The fourth-order valence-electron chi connectivity index (χ4n) is 1.69. The average molecular weight is 238 g/mol. The Hall–Kier alpha value is -1.06. The van der Waals surface area contributed by atoms with E-state index in [1.54, 1.807) is 0 Å². The maximum atomic E-state index is 8.60. The largest absolute Gasteiger partial charge is 0.494 e. The van der Waals surface area contributed by atoms with Crippen molar-refractivity contribution in [1.82, 2.24) is 0 Å². The summed E-state index contributed by atoms with van der Waals surface area (Å²) in [4.78, 5) is 0. The van der Waals surface area contributed by atoms with Crippen LogP contribution in [-0.2, 0) is 0 Å². The van der Waals surface area contributed by atoms with Gasteiger partial charge in [0.15, 0.2) is 0 Å². The van der Waals surface area contributed by atoms with Gasteiger partial charge in [-0.15, -0.1) is 0 Å². The van der Waals surface area contributed by atoms with E-state index in [1.165, 1.54) is 19.3 Å². The van der Waals surface area contributed by atoms with Crippen LogP contribution < -0.4 is 10.1 Å². The highest BCUT2D eigenvalue weighted by Gasteiger charge is 1.94. The smallest absolute Gasteiger partial charge is 0.119 e. The lowest BCUT2D eigenvalue weighted by Crippen LogP contribution is -2.85. The number of nitrogens with two attached hydrogens (primary N) is 1. The molecule has 0 unspecified atom stereocenters. The molecule has 3 nitrogen and oxygen atoms in total. The van der Waals surface area contributed by atoms with Gasteiger partial charge in [0.05, 0.1) is 26.3 Å². The molecule has 1 aromatic rings. The fourth-order valence-corrected chi connectivity index (χ4v) is 1.69. The summed E-state index contributed by atoms with van der Waals surface area (Å²) < 4.78 is 5.61. The normalized spacial score (nSPS) is 10.4. The Balaban J connectivity index is 1.85. The molecule has 0 atom stereocenters. The van der Waals surface area contributed by atoms with Crippen LogP contribution in [0.2, 0.25) is 0 Å². The number of quaternary nitrogens is 1. The van der Waals surface area contributed by atoms with Gasteiger partial charge in [-0.05, 0) is 37.8 Å². The minimum absolute atomic E-state index is 0.283. The first kappa shape index (κ1) is 14.0. The second-order valence-corrected chi connectivity index (χ2v) is 4.17. The first-order valence-corrected chi connectivity index (χ1v) is 6.54. The number of rotatable bonds is 10. The van der Waals surface area contributed by atoms with E-state index in [0.717, 1.165) is 31.9 Å². The van der Waals surface area contributed by atoms with Gasteiger partial charge in [0.2, 0.25) is 0 Å². The summed E-state index contributed by atoms with van der Waals surface area (Å²) >= 11 is 0. The Morgan fingerprint density at radius 3 is 2.47 bits per heavy atom. The van der Waals surface area contributed by atoms with E-state index in [0.29, 0.717) is 0 Å². The highest BCUT2D eigenvalue weighted by atomic mass is 16.5. The second kappa shape index (κ2) is 10.1. The molecule has 0 aromatic heterocycles. The molecule has 0 amide bonds. The number of aliphatic hydroxyl groups is 1. The Morgan fingerprint density at radius 1 is 0.941 bits per heavy atom. The third kappa shape index (κ3) is 7.77. The molecule has 1 rings (SSSR count). The topological polar surface area (TPSA) is 46.1 Å². The predicted molar refractivity (Wildman–Crippen MR) is 69.2 cm³/mol. The zero-order valence-corrected chi connectivity index (χ0v) is 10.5. The first-order valence-electron chi connectivity index (χ1n) is 6.54. The van der Waals surface area contributed by atoms with Crippen LogP contribution in [0.3, 0.4) is 0 Å². The standard InChI is InChI=1S/C14H23NO2/c16-12-11-15-10-6-1-2-7-13-17-14-8-4-3-5-9-14/h3-5,8-9,15-16H,1-2,6-7,10-13H2/p+1. The minimum atomic E-state index is 0.283. The number of unbranched alkanes of at least 4 members (excludes halogenated alkanes) is 3. The molecule has 0 saturated carbocycles. The van der Waals surface area contributed by atoms with Crippen molar-refractivity contribution in [2.24, 2.45) is 0 Å². The van der Waals surface area contributed by atoms with Gasteiger partial charge in [-0.25, -0.2) is 0 Å². The van der Waals surface area contributed by atoms with E-state index < -0.39 is 0 Å². The van der Waals surface area contributed by atoms with Crippen molar-refractivity contribution in [2.75, 3.05) is 26.3 Å². The maximum Gasteiger partial charge on any atom is 0.119 e. The average Bonchev–Trinajstić information content (AvgIpc) is 2.38. The summed E-state index contributed by atoms with van der Waals surface area (Å²) in [5, 5.41) is 10.8. The molecule has 0 aliphatic carbocycles. The maximum absolute atomic E-state index is 8.60. The molecule has 1 aromatic carbocycles. The molecule has 0 spiro atoms. The molecule has 3 heteroatoms. The zero-order chi connectivity index (χ0) is 12.2. The molecular weight excluding hydrogens is 214 g/mol. The molecule has 17 heavy (non-hydrogen) atoms. The summed E-state index contributed by atoms with van der Waals surface area (Å²) in [6.45, 7) is 3.05. The van der Waals surface area contributed by atoms with Gasteiger partial charge >= 0.3 is 0 Å². The van der Waals surface area contributed by atoms with Crippen LogP contribution >= 0.6 is 0 Å². The van der Waals surface area contributed by atoms with Gasteiger partial charge in [-0.2, -0.15) is 0 Å². The van der Waals surface area contributed by atoms with E-state index in [-0.39, 0.29) is 6.61 Å². The highest BCUT2D eigenvalue weighted by Crippen LogP contribution is 2.09. The number of aliphatic hydroxyl groups excluding tert-OH is 1. The lowest BCUT2D eigenvalue weighted by molar-refractivity contribution is -0.656. The summed E-state index contributed by atoms with van der Waals surface area (Å²) in [6.07, 6.45) is 4.82. The molecule has 96 valence electrons. The summed E-state index contributed by atoms with van der Waals surface area (Å²) in [6, 6.07) is 9.96. The fraction of sp³-hybridized carbons (Fsp3) is 0.571. The van der Waals surface area contributed by atoms with E-state index in [1.807, 2.05) is 30.3 Å². The highest BCUT2D eigenvalue weighted by molar-refractivity contribution is 5.20. The van der Waals surface area contributed by atoms with Crippen LogP contribution in [0.25, 0.3) is 0 Å². The number of hydrogen-bond donors (Lipinski definition) is 2. The Morgan fingerprint density at radius 2 is 1.71 bits per heavy atom. The molecule has 0 bridgehead atoms. The predicted octanol–water partition coefficient (Wildman–Crippen LogP) is 1.18. The van der Waals surface area contributed by atoms with Crippen LogP contribution in [0, 0.1) is 0 Å². The van der Waals surface area contributed by atoms with Gasteiger partial charge in [0.1, 0.15) is 5.75 Å². The Labute approximate surface area is 104 Å². The van der Waals surface area contributed by atoms with Crippen LogP contribution in [0.15, 0.2) is 30.3 Å². The van der Waals surface area contributed by atoms with Gasteiger partial charge < -0.3 is 15.2 Å². The summed E-state index contributed by atoms with van der Waals surface area (Å²) in [5.41, 5.74) is 0. The molecule has 0 fully saturated rings. The number of benzene rings is 1. The van der Waals surface area contributed by atoms with Gasteiger partial charge in [0.25, 0.3) is 0 Å². The van der Waals surface area contributed by atoms with Crippen LogP contribution in [0.5, 0.6) is 5.75 Å². The van der Waals surface area contributed by atoms with Crippen molar-refractivity contribution in [2.45, 2.75) is 25.7 Å². The van der Waals surface area contributed by atoms with Crippen molar-refractivity contribution < 1.29 is 15.2 Å². The second-order valence-electron chi connectivity index (χ2n) is 4.17. The van der Waals surface area contributed by atoms with Crippen molar-refractivity contribution in [3.05, 3.63) is 30.3 Å². The number of ether oxygens (including phenoxy) is 1. The van der Waals surface area contributed by atoms with Crippen LogP contribution in [0.1, 0.15) is 25.7 Å². The zero-order valence-electron chi connectivity index (χ0n) is 10.5. The van der Waals surface area contributed by atoms with E-state index in [2.05, 4.69) is 5.32 Å². The summed E-state index contributed by atoms with van der Waals surface area (Å²) in [7, 11) is 0. The quantitative estimate of drug-likeness (QED) is 0.601. The lowest BCUT2D eigenvalue weighted by atomic mass is 10.2. The molecule has 0 radical (unpaired) electrons. The molecular formula is C14H24NO2+. The van der Waals surface area contributed by atoms with Gasteiger partial charge in [0, 0.05) is 0 Å². The van der Waals surface area contributed by atoms with Crippen molar-refractivity contribution in [3.8, 4) is 5.75 Å². The molecule has 0 saturated heterocycles.